The van der Waals surface area contributed by atoms with E-state index in [-0.39, 0.29) is 6.04 Å². The Labute approximate surface area is 113 Å². The van der Waals surface area contributed by atoms with Crippen LogP contribution in [0.3, 0.4) is 0 Å². The number of nitrogens with one attached hydrogen (secondary N) is 1. The number of hydrogen-bond donors (Lipinski definition) is 1. The average Bonchev–Trinajstić information content (AvgIpc) is 2.71. The highest BCUT2D eigenvalue weighted by atomic mass is 32.2. The van der Waals surface area contributed by atoms with E-state index >= 15 is 0 Å². The van der Waals surface area contributed by atoms with Crippen LogP contribution in [0.1, 0.15) is 13.0 Å². The fraction of sp³-hybridized carbons (Fsp3) is 0.364. The zero-order valence-electron chi connectivity index (χ0n) is 10.2. The van der Waals surface area contributed by atoms with Crippen LogP contribution in [0.15, 0.2) is 24.4 Å². The van der Waals surface area contributed by atoms with Crippen LogP contribution in [0.4, 0.5) is 0 Å². The molecular formula is C11H14N4OS2. The molecule has 2 atom stereocenters. The smallest absolute Gasteiger partial charge is 0.195 e. The van der Waals surface area contributed by atoms with E-state index in [4.69, 9.17) is 12.2 Å². The fourth-order valence-electron chi connectivity index (χ4n) is 1.80. The van der Waals surface area contributed by atoms with Crippen molar-refractivity contribution in [2.24, 2.45) is 0 Å². The zero-order chi connectivity index (χ0) is 13.1. The van der Waals surface area contributed by atoms with E-state index in [1.54, 1.807) is 12.5 Å². The predicted molar refractivity (Wildman–Crippen MR) is 74.3 cm³/mol. The Bertz CT molecular complexity index is 605. The second kappa shape index (κ2) is 5.53. The van der Waals surface area contributed by atoms with Crippen molar-refractivity contribution in [3.05, 3.63) is 29.2 Å². The standard InChI is InChI=1S/C11H14N4OS2/c1-8(7-18(2)16)15-10(13-14-11(15)17)9-5-3-4-6-12-9/h3-6,8H,7H2,1-2H3,(H,14,17). The summed E-state index contributed by atoms with van der Waals surface area (Å²) in [6.07, 6.45) is 3.39. The molecule has 18 heavy (non-hydrogen) atoms. The van der Waals surface area contributed by atoms with Gasteiger partial charge in [-0.2, -0.15) is 5.10 Å². The molecule has 0 fully saturated rings. The fourth-order valence-corrected chi connectivity index (χ4v) is 2.94. The summed E-state index contributed by atoms with van der Waals surface area (Å²) in [5.74, 6) is 1.21. The lowest BCUT2D eigenvalue weighted by Gasteiger charge is -2.13. The average molecular weight is 282 g/mol. The van der Waals surface area contributed by atoms with Crippen LogP contribution in [0.25, 0.3) is 11.5 Å². The minimum absolute atomic E-state index is 0.0130. The largest absolute Gasteiger partial charge is 0.295 e. The lowest BCUT2D eigenvalue weighted by Crippen LogP contribution is -2.14. The van der Waals surface area contributed by atoms with Gasteiger partial charge in [0, 0.05) is 35.0 Å². The molecule has 0 spiro atoms. The molecule has 7 heteroatoms. The van der Waals surface area contributed by atoms with Crippen LogP contribution in [-0.4, -0.2) is 36.0 Å². The van der Waals surface area contributed by atoms with E-state index in [0.29, 0.717) is 16.3 Å². The van der Waals surface area contributed by atoms with Crippen molar-refractivity contribution >= 4 is 23.0 Å². The summed E-state index contributed by atoms with van der Waals surface area (Å²) in [7, 11) is -0.882. The summed E-state index contributed by atoms with van der Waals surface area (Å²) in [6, 6.07) is 5.63. The Balaban J connectivity index is 2.45. The third-order valence-electron chi connectivity index (χ3n) is 2.52. The van der Waals surface area contributed by atoms with Crippen LogP contribution in [-0.2, 0) is 10.8 Å². The maximum Gasteiger partial charge on any atom is 0.195 e. The van der Waals surface area contributed by atoms with E-state index in [1.807, 2.05) is 29.7 Å². The van der Waals surface area contributed by atoms with Crippen LogP contribution >= 0.6 is 12.2 Å². The van der Waals surface area contributed by atoms with Crippen molar-refractivity contribution in [2.45, 2.75) is 13.0 Å². The van der Waals surface area contributed by atoms with Crippen LogP contribution in [0.5, 0.6) is 0 Å². The van der Waals surface area contributed by atoms with E-state index in [1.165, 1.54) is 0 Å². The van der Waals surface area contributed by atoms with Gasteiger partial charge in [0.25, 0.3) is 0 Å². The molecule has 2 aromatic rings. The Morgan fingerprint density at radius 3 is 2.94 bits per heavy atom. The molecule has 0 radical (unpaired) electrons. The Morgan fingerprint density at radius 2 is 2.33 bits per heavy atom. The molecule has 2 heterocycles. The molecule has 0 aromatic carbocycles. The molecule has 0 aliphatic rings. The highest BCUT2D eigenvalue weighted by Gasteiger charge is 2.16. The minimum atomic E-state index is -0.882. The number of hydrogen-bond acceptors (Lipinski definition) is 4. The number of aromatic amines is 1. The molecule has 2 unspecified atom stereocenters. The maximum atomic E-state index is 11.3. The first-order valence-corrected chi connectivity index (χ1v) is 7.61. The molecule has 0 saturated carbocycles. The first-order chi connectivity index (χ1) is 8.59. The summed E-state index contributed by atoms with van der Waals surface area (Å²) in [6.45, 7) is 1.97. The molecule has 0 bridgehead atoms. The number of pyridine rings is 1. The minimum Gasteiger partial charge on any atom is -0.295 e. The second-order valence-corrected chi connectivity index (χ2v) is 5.89. The summed E-state index contributed by atoms with van der Waals surface area (Å²) in [4.78, 5) is 4.26. The van der Waals surface area contributed by atoms with Gasteiger partial charge in [0.15, 0.2) is 10.6 Å². The summed E-state index contributed by atoms with van der Waals surface area (Å²) in [5.41, 5.74) is 0.749. The number of H-pyrrole nitrogens is 1. The molecule has 0 amide bonds. The van der Waals surface area contributed by atoms with Crippen LogP contribution in [0, 0.1) is 4.77 Å². The van der Waals surface area contributed by atoms with E-state index < -0.39 is 10.8 Å². The van der Waals surface area contributed by atoms with Crippen molar-refractivity contribution in [1.29, 1.82) is 0 Å². The number of aromatic nitrogens is 4. The summed E-state index contributed by atoms with van der Waals surface area (Å²) >= 11 is 5.22. The Morgan fingerprint density at radius 1 is 1.56 bits per heavy atom. The Kier molecular flexibility index (Phi) is 4.03. The van der Waals surface area contributed by atoms with Gasteiger partial charge in [0.05, 0.1) is 0 Å². The van der Waals surface area contributed by atoms with Gasteiger partial charge in [-0.15, -0.1) is 0 Å². The topological polar surface area (TPSA) is 63.6 Å². The molecule has 2 rings (SSSR count). The van der Waals surface area contributed by atoms with Crippen molar-refractivity contribution < 1.29 is 4.21 Å². The molecule has 96 valence electrons. The monoisotopic (exact) mass is 282 g/mol. The molecule has 5 nitrogen and oxygen atoms in total. The summed E-state index contributed by atoms with van der Waals surface area (Å²) < 4.78 is 13.7. The molecule has 1 N–H and O–H groups in total. The molecule has 0 saturated heterocycles. The van der Waals surface area contributed by atoms with Gasteiger partial charge in [-0.1, -0.05) is 6.07 Å². The molecular weight excluding hydrogens is 268 g/mol. The zero-order valence-corrected chi connectivity index (χ0v) is 11.8. The highest BCUT2D eigenvalue weighted by molar-refractivity contribution is 7.84. The normalized spacial score (nSPS) is 14.3. The number of rotatable bonds is 4. The lowest BCUT2D eigenvalue weighted by atomic mass is 10.3. The van der Waals surface area contributed by atoms with Crippen LogP contribution in [0.2, 0.25) is 0 Å². The van der Waals surface area contributed by atoms with E-state index in [0.717, 1.165) is 5.69 Å². The third kappa shape index (κ3) is 2.73. The quantitative estimate of drug-likeness (QED) is 0.871. The van der Waals surface area contributed by atoms with Gasteiger partial charge in [0.1, 0.15) is 5.69 Å². The first kappa shape index (κ1) is 13.1. The molecule has 0 aliphatic carbocycles. The number of nitrogens with zero attached hydrogens (tertiary/aromatic N) is 3. The SMILES string of the molecule is CC(CS(C)=O)n1c(-c2ccccn2)n[nH]c1=S. The third-order valence-corrected chi connectivity index (χ3v) is 3.75. The van der Waals surface area contributed by atoms with Gasteiger partial charge in [-0.05, 0) is 31.3 Å². The van der Waals surface area contributed by atoms with Gasteiger partial charge >= 0.3 is 0 Å². The van der Waals surface area contributed by atoms with E-state index in [9.17, 15) is 4.21 Å². The second-order valence-electron chi connectivity index (χ2n) is 4.03. The molecule has 2 aromatic heterocycles. The summed E-state index contributed by atoms with van der Waals surface area (Å²) in [5, 5.41) is 6.97. The lowest BCUT2D eigenvalue weighted by molar-refractivity contribution is 0.593. The van der Waals surface area contributed by atoms with Gasteiger partial charge in [0.2, 0.25) is 0 Å². The van der Waals surface area contributed by atoms with Gasteiger partial charge < -0.3 is 0 Å². The first-order valence-electron chi connectivity index (χ1n) is 5.48. The van der Waals surface area contributed by atoms with Gasteiger partial charge in [-0.25, -0.2) is 0 Å². The van der Waals surface area contributed by atoms with Crippen LogP contribution < -0.4 is 0 Å². The van der Waals surface area contributed by atoms with Crippen molar-refractivity contribution in [2.75, 3.05) is 12.0 Å². The van der Waals surface area contributed by atoms with Crippen molar-refractivity contribution in [3.63, 3.8) is 0 Å². The van der Waals surface area contributed by atoms with Crippen molar-refractivity contribution in [1.82, 2.24) is 19.7 Å². The molecule has 0 aliphatic heterocycles. The maximum absolute atomic E-state index is 11.3. The highest BCUT2D eigenvalue weighted by Crippen LogP contribution is 2.19. The van der Waals surface area contributed by atoms with E-state index in [2.05, 4.69) is 15.2 Å². The van der Waals surface area contributed by atoms with Crippen molar-refractivity contribution in [3.8, 4) is 11.5 Å². The Hall–Kier alpha value is -1.34. The van der Waals surface area contributed by atoms with Gasteiger partial charge in [-0.3, -0.25) is 18.9 Å². The predicted octanol–water partition coefficient (Wildman–Crippen LogP) is 1.94.